The summed E-state index contributed by atoms with van der Waals surface area (Å²) in [5.41, 5.74) is 0.865. The van der Waals surface area contributed by atoms with Crippen molar-refractivity contribution in [2.24, 2.45) is 0 Å². The van der Waals surface area contributed by atoms with Crippen molar-refractivity contribution in [2.45, 2.75) is 19.9 Å². The Hall–Kier alpha value is -2.15. The van der Waals surface area contributed by atoms with Gasteiger partial charge in [-0.1, -0.05) is 0 Å². The van der Waals surface area contributed by atoms with E-state index in [1.165, 1.54) is 6.07 Å². The first-order valence-electron chi connectivity index (χ1n) is 7.12. The second kappa shape index (κ2) is 6.53. The molecule has 0 spiro atoms. The number of nitrogens with zero attached hydrogens (tertiary/aromatic N) is 2. The molecule has 0 aliphatic carbocycles. The first kappa shape index (κ1) is 15.2. The highest BCUT2D eigenvalue weighted by Gasteiger charge is 2.29. The lowest BCUT2D eigenvalue weighted by atomic mass is 10.1. The first-order chi connectivity index (χ1) is 10.1. The third-order valence-corrected chi connectivity index (χ3v) is 3.62. The average Bonchev–Trinajstić information content (AvgIpc) is 2.42. The Labute approximate surface area is 123 Å². The van der Waals surface area contributed by atoms with E-state index in [0.29, 0.717) is 24.3 Å². The summed E-state index contributed by atoms with van der Waals surface area (Å²) in [6, 6.07) is 4.94. The molecular formula is C14H20N4O3. The molecule has 1 aliphatic rings. The van der Waals surface area contributed by atoms with Gasteiger partial charge in [-0.3, -0.25) is 14.9 Å². The summed E-state index contributed by atoms with van der Waals surface area (Å²) in [6.07, 6.45) is 0. The molecule has 0 unspecified atom stereocenters. The molecule has 7 heteroatoms. The molecule has 7 nitrogen and oxygen atoms in total. The van der Waals surface area contributed by atoms with Crippen molar-refractivity contribution in [3.8, 4) is 0 Å². The van der Waals surface area contributed by atoms with Crippen molar-refractivity contribution in [1.82, 2.24) is 10.6 Å². The highest BCUT2D eigenvalue weighted by atomic mass is 16.6. The Kier molecular flexibility index (Phi) is 4.74. The predicted octanol–water partition coefficient (Wildman–Crippen LogP) is 1.14. The number of rotatable bonds is 6. The van der Waals surface area contributed by atoms with Crippen LogP contribution in [0.2, 0.25) is 0 Å². The average molecular weight is 292 g/mol. The van der Waals surface area contributed by atoms with Crippen LogP contribution in [-0.2, 0) is 0 Å². The van der Waals surface area contributed by atoms with Crippen LogP contribution in [0.15, 0.2) is 18.2 Å². The molecule has 0 radical (unpaired) electrons. The molecule has 2 rings (SSSR count). The van der Waals surface area contributed by atoms with Gasteiger partial charge in [0.2, 0.25) is 0 Å². The largest absolute Gasteiger partial charge is 0.361 e. The molecule has 1 amide bonds. The third-order valence-electron chi connectivity index (χ3n) is 3.62. The highest BCUT2D eigenvalue weighted by Crippen LogP contribution is 2.31. The molecule has 0 saturated carbocycles. The SMILES string of the molecule is CCNC(=O)c1ccc(N(CC)C2CNC2)c([N+](=O)[O-])c1. The Morgan fingerprint density at radius 3 is 2.67 bits per heavy atom. The lowest BCUT2D eigenvalue weighted by molar-refractivity contribution is -0.384. The highest BCUT2D eigenvalue weighted by molar-refractivity contribution is 5.95. The van der Waals surface area contributed by atoms with Gasteiger partial charge in [0.15, 0.2) is 0 Å². The van der Waals surface area contributed by atoms with Crippen LogP contribution in [0.1, 0.15) is 24.2 Å². The summed E-state index contributed by atoms with van der Waals surface area (Å²) in [5.74, 6) is -0.291. The predicted molar refractivity (Wildman–Crippen MR) is 80.8 cm³/mol. The van der Waals surface area contributed by atoms with Gasteiger partial charge in [-0.2, -0.15) is 0 Å². The lowest BCUT2D eigenvalue weighted by Gasteiger charge is -2.38. The normalized spacial score (nSPS) is 14.4. The van der Waals surface area contributed by atoms with Crippen molar-refractivity contribution in [3.05, 3.63) is 33.9 Å². The van der Waals surface area contributed by atoms with Gasteiger partial charge in [0.05, 0.1) is 11.0 Å². The smallest absolute Gasteiger partial charge is 0.293 e. The van der Waals surface area contributed by atoms with E-state index in [1.54, 1.807) is 12.1 Å². The zero-order valence-electron chi connectivity index (χ0n) is 12.3. The van der Waals surface area contributed by atoms with Crippen molar-refractivity contribution in [2.75, 3.05) is 31.1 Å². The van der Waals surface area contributed by atoms with E-state index in [4.69, 9.17) is 0 Å². The molecule has 1 aromatic carbocycles. The molecule has 1 fully saturated rings. The van der Waals surface area contributed by atoms with Gasteiger partial charge in [0, 0.05) is 37.8 Å². The third kappa shape index (κ3) is 3.13. The molecule has 0 atom stereocenters. The fourth-order valence-electron chi connectivity index (χ4n) is 2.44. The van der Waals surface area contributed by atoms with Crippen molar-refractivity contribution < 1.29 is 9.72 Å². The lowest BCUT2D eigenvalue weighted by Crippen LogP contribution is -2.57. The fraction of sp³-hybridized carbons (Fsp3) is 0.500. The zero-order chi connectivity index (χ0) is 15.4. The second-order valence-electron chi connectivity index (χ2n) is 4.92. The van der Waals surface area contributed by atoms with E-state index in [1.807, 2.05) is 18.7 Å². The number of hydrogen-bond donors (Lipinski definition) is 2. The molecule has 2 N–H and O–H groups in total. The number of carbonyl (C=O) groups is 1. The van der Waals surface area contributed by atoms with Crippen LogP contribution in [0, 0.1) is 10.1 Å². The monoisotopic (exact) mass is 292 g/mol. The summed E-state index contributed by atoms with van der Waals surface area (Å²) in [7, 11) is 0. The van der Waals surface area contributed by atoms with Crippen LogP contribution in [-0.4, -0.2) is 43.1 Å². The van der Waals surface area contributed by atoms with Gasteiger partial charge in [-0.25, -0.2) is 0 Å². The van der Waals surface area contributed by atoms with Crippen molar-refractivity contribution in [1.29, 1.82) is 0 Å². The van der Waals surface area contributed by atoms with E-state index in [-0.39, 0.29) is 17.6 Å². The minimum atomic E-state index is -0.424. The van der Waals surface area contributed by atoms with Crippen LogP contribution in [0.5, 0.6) is 0 Å². The van der Waals surface area contributed by atoms with E-state index in [0.717, 1.165) is 13.1 Å². The maximum absolute atomic E-state index is 11.8. The van der Waals surface area contributed by atoms with E-state index in [9.17, 15) is 14.9 Å². The molecule has 114 valence electrons. The maximum atomic E-state index is 11.8. The fourth-order valence-corrected chi connectivity index (χ4v) is 2.44. The number of likely N-dealkylation sites (N-methyl/N-ethyl adjacent to an activating group) is 1. The molecule has 21 heavy (non-hydrogen) atoms. The summed E-state index contributed by atoms with van der Waals surface area (Å²) in [5, 5.41) is 17.2. The Balaban J connectivity index is 2.36. The van der Waals surface area contributed by atoms with Gasteiger partial charge in [0.1, 0.15) is 5.69 Å². The standard InChI is InChI=1S/C14H20N4O3/c1-3-16-14(19)10-5-6-12(13(7-10)18(20)21)17(4-2)11-8-15-9-11/h5-7,11,15H,3-4,8-9H2,1-2H3,(H,16,19). The van der Waals surface area contributed by atoms with Gasteiger partial charge in [-0.15, -0.1) is 0 Å². The molecule has 1 heterocycles. The van der Waals surface area contributed by atoms with Gasteiger partial charge in [-0.05, 0) is 26.0 Å². The summed E-state index contributed by atoms with van der Waals surface area (Å²) >= 11 is 0. The van der Waals surface area contributed by atoms with E-state index >= 15 is 0 Å². The number of nitrogens with one attached hydrogen (secondary N) is 2. The number of hydrogen-bond acceptors (Lipinski definition) is 5. The van der Waals surface area contributed by atoms with E-state index < -0.39 is 4.92 Å². The number of nitro benzene ring substituents is 1. The van der Waals surface area contributed by atoms with Gasteiger partial charge in [0.25, 0.3) is 11.6 Å². The van der Waals surface area contributed by atoms with Crippen molar-refractivity contribution >= 4 is 17.3 Å². The number of carbonyl (C=O) groups excluding carboxylic acids is 1. The van der Waals surface area contributed by atoms with Crippen LogP contribution in [0.3, 0.4) is 0 Å². The number of benzene rings is 1. The Bertz CT molecular complexity index is 543. The minimum absolute atomic E-state index is 0.0208. The molecule has 0 aromatic heterocycles. The summed E-state index contributed by atoms with van der Waals surface area (Å²) < 4.78 is 0. The maximum Gasteiger partial charge on any atom is 0.293 e. The van der Waals surface area contributed by atoms with Crippen molar-refractivity contribution in [3.63, 3.8) is 0 Å². The second-order valence-corrected chi connectivity index (χ2v) is 4.92. The number of nitro groups is 1. The van der Waals surface area contributed by atoms with Gasteiger partial charge >= 0.3 is 0 Å². The molecular weight excluding hydrogens is 272 g/mol. The topological polar surface area (TPSA) is 87.5 Å². The van der Waals surface area contributed by atoms with E-state index in [2.05, 4.69) is 10.6 Å². The van der Waals surface area contributed by atoms with Crippen LogP contribution in [0.25, 0.3) is 0 Å². The number of anilines is 1. The number of amides is 1. The molecule has 1 aliphatic heterocycles. The minimum Gasteiger partial charge on any atom is -0.361 e. The summed E-state index contributed by atoms with van der Waals surface area (Å²) in [4.78, 5) is 24.7. The quantitative estimate of drug-likeness (QED) is 0.606. The molecule has 1 saturated heterocycles. The Morgan fingerprint density at radius 2 is 2.19 bits per heavy atom. The van der Waals surface area contributed by atoms with Crippen LogP contribution in [0.4, 0.5) is 11.4 Å². The molecule has 0 bridgehead atoms. The first-order valence-corrected chi connectivity index (χ1v) is 7.12. The molecule has 1 aromatic rings. The van der Waals surface area contributed by atoms with Crippen LogP contribution >= 0.6 is 0 Å². The van der Waals surface area contributed by atoms with Crippen LogP contribution < -0.4 is 15.5 Å². The van der Waals surface area contributed by atoms with Gasteiger partial charge < -0.3 is 15.5 Å². The zero-order valence-corrected chi connectivity index (χ0v) is 12.3. The Morgan fingerprint density at radius 1 is 1.48 bits per heavy atom. The summed E-state index contributed by atoms with van der Waals surface area (Å²) in [6.45, 7) is 6.60.